The van der Waals surface area contributed by atoms with Crippen LogP contribution in [0.5, 0.6) is 11.5 Å². The number of hydrogen-bond acceptors (Lipinski definition) is 3. The Morgan fingerprint density at radius 1 is 1.21 bits per heavy atom. The van der Waals surface area contributed by atoms with E-state index in [1.165, 1.54) is 0 Å². The second kappa shape index (κ2) is 5.54. The monoisotopic (exact) mass is 257 g/mol. The minimum Gasteiger partial charge on any atom is -0.457 e. The van der Waals surface area contributed by atoms with E-state index in [1.807, 2.05) is 13.0 Å². The molecule has 4 heteroatoms. The Bertz CT molecular complexity index is 591. The lowest BCUT2D eigenvalue weighted by atomic mass is 10.1. The molecule has 0 atom stereocenters. The lowest BCUT2D eigenvalue weighted by Crippen LogP contribution is -2.12. The number of benzene rings is 2. The van der Waals surface area contributed by atoms with E-state index in [1.54, 1.807) is 36.4 Å². The second-order valence-electron chi connectivity index (χ2n) is 4.27. The van der Waals surface area contributed by atoms with Crippen molar-refractivity contribution in [3.05, 3.63) is 59.2 Å². The molecule has 0 heterocycles. The van der Waals surface area contributed by atoms with Gasteiger partial charge in [0.1, 0.15) is 11.5 Å². The number of amides is 1. The zero-order valence-corrected chi connectivity index (χ0v) is 10.6. The van der Waals surface area contributed by atoms with E-state index < -0.39 is 5.91 Å². The third-order valence-electron chi connectivity index (χ3n) is 2.74. The van der Waals surface area contributed by atoms with Gasteiger partial charge in [-0.25, -0.2) is 0 Å². The van der Waals surface area contributed by atoms with Crippen molar-refractivity contribution in [1.82, 2.24) is 0 Å². The summed E-state index contributed by atoms with van der Waals surface area (Å²) in [5, 5.41) is 8.97. The van der Waals surface area contributed by atoms with Crippen LogP contribution in [0.2, 0.25) is 0 Å². The molecule has 2 aromatic rings. The third kappa shape index (κ3) is 3.11. The van der Waals surface area contributed by atoms with Gasteiger partial charge in [0.15, 0.2) is 0 Å². The van der Waals surface area contributed by atoms with Gasteiger partial charge in [0.05, 0.1) is 12.2 Å². The highest BCUT2D eigenvalue weighted by atomic mass is 16.5. The number of carbonyl (C=O) groups is 1. The smallest absolute Gasteiger partial charge is 0.252 e. The zero-order valence-electron chi connectivity index (χ0n) is 10.6. The Morgan fingerprint density at radius 3 is 2.47 bits per heavy atom. The molecule has 0 aliphatic rings. The molecular formula is C15H15NO3. The number of rotatable bonds is 4. The van der Waals surface area contributed by atoms with Gasteiger partial charge in [-0.3, -0.25) is 4.79 Å². The van der Waals surface area contributed by atoms with Crippen LogP contribution in [-0.4, -0.2) is 11.0 Å². The fourth-order valence-electron chi connectivity index (χ4n) is 1.71. The van der Waals surface area contributed by atoms with Crippen molar-refractivity contribution >= 4 is 5.91 Å². The first kappa shape index (κ1) is 13.1. The normalized spacial score (nSPS) is 10.2. The van der Waals surface area contributed by atoms with Crippen molar-refractivity contribution in [2.24, 2.45) is 5.73 Å². The van der Waals surface area contributed by atoms with Gasteiger partial charge in [-0.2, -0.15) is 0 Å². The molecule has 0 aliphatic heterocycles. The molecular weight excluding hydrogens is 242 g/mol. The number of carbonyl (C=O) groups excluding carboxylic acids is 1. The average Bonchev–Trinajstić information content (AvgIpc) is 2.39. The van der Waals surface area contributed by atoms with Gasteiger partial charge in [-0.1, -0.05) is 18.2 Å². The van der Waals surface area contributed by atoms with Crippen LogP contribution in [0.4, 0.5) is 0 Å². The van der Waals surface area contributed by atoms with Crippen molar-refractivity contribution in [3.63, 3.8) is 0 Å². The predicted octanol–water partition coefficient (Wildman–Crippen LogP) is 2.38. The molecule has 0 saturated heterocycles. The fraction of sp³-hybridized carbons (Fsp3) is 0.133. The van der Waals surface area contributed by atoms with E-state index >= 15 is 0 Å². The fourth-order valence-corrected chi connectivity index (χ4v) is 1.71. The summed E-state index contributed by atoms with van der Waals surface area (Å²) in [6.45, 7) is 1.89. The third-order valence-corrected chi connectivity index (χ3v) is 2.74. The highest BCUT2D eigenvalue weighted by molar-refractivity contribution is 5.95. The summed E-state index contributed by atoms with van der Waals surface area (Å²) in [5.41, 5.74) is 7.43. The Kier molecular flexibility index (Phi) is 3.82. The molecule has 0 unspecified atom stereocenters. The largest absolute Gasteiger partial charge is 0.457 e. The van der Waals surface area contributed by atoms with E-state index in [4.69, 9.17) is 15.6 Å². The van der Waals surface area contributed by atoms with Crippen LogP contribution in [0.3, 0.4) is 0 Å². The zero-order chi connectivity index (χ0) is 13.8. The first-order chi connectivity index (χ1) is 9.10. The Balaban J connectivity index is 2.31. The van der Waals surface area contributed by atoms with E-state index in [0.29, 0.717) is 17.1 Å². The maximum absolute atomic E-state index is 11.3. The lowest BCUT2D eigenvalue weighted by molar-refractivity contribution is 0.0998. The number of aliphatic hydroxyl groups is 1. The van der Waals surface area contributed by atoms with Gasteiger partial charge < -0.3 is 15.6 Å². The topological polar surface area (TPSA) is 72.6 Å². The molecule has 0 saturated carbocycles. The molecule has 0 bridgehead atoms. The molecule has 2 rings (SSSR count). The molecule has 0 fully saturated rings. The highest BCUT2D eigenvalue weighted by Gasteiger charge is 2.10. The molecule has 3 N–H and O–H groups in total. The summed E-state index contributed by atoms with van der Waals surface area (Å²) in [4.78, 5) is 11.3. The van der Waals surface area contributed by atoms with Crippen LogP contribution >= 0.6 is 0 Å². The molecule has 0 radical (unpaired) electrons. The number of aliphatic hydroxyl groups excluding tert-OH is 1. The molecule has 2 aromatic carbocycles. The molecule has 19 heavy (non-hydrogen) atoms. The van der Waals surface area contributed by atoms with E-state index in [9.17, 15) is 4.79 Å². The summed E-state index contributed by atoms with van der Waals surface area (Å²) in [6, 6.07) is 12.2. The SMILES string of the molecule is Cc1ccc(C(N)=O)c(Oc2ccc(CO)cc2)c1. The van der Waals surface area contributed by atoms with Gasteiger partial charge in [-0.05, 0) is 42.3 Å². The summed E-state index contributed by atoms with van der Waals surface area (Å²) in [6.07, 6.45) is 0. The summed E-state index contributed by atoms with van der Waals surface area (Å²) in [7, 11) is 0. The minimum absolute atomic E-state index is 0.0166. The second-order valence-corrected chi connectivity index (χ2v) is 4.27. The van der Waals surface area contributed by atoms with Crippen molar-refractivity contribution in [2.45, 2.75) is 13.5 Å². The van der Waals surface area contributed by atoms with Crippen molar-refractivity contribution in [3.8, 4) is 11.5 Å². The lowest BCUT2D eigenvalue weighted by Gasteiger charge is -2.10. The quantitative estimate of drug-likeness (QED) is 0.883. The van der Waals surface area contributed by atoms with Gasteiger partial charge in [0.25, 0.3) is 5.91 Å². The average molecular weight is 257 g/mol. The highest BCUT2D eigenvalue weighted by Crippen LogP contribution is 2.26. The number of ether oxygens (including phenoxy) is 1. The summed E-state index contributed by atoms with van der Waals surface area (Å²) >= 11 is 0. The minimum atomic E-state index is -0.526. The van der Waals surface area contributed by atoms with E-state index in [2.05, 4.69) is 0 Å². The van der Waals surface area contributed by atoms with Crippen molar-refractivity contribution in [2.75, 3.05) is 0 Å². The Labute approximate surface area is 111 Å². The van der Waals surface area contributed by atoms with Crippen LogP contribution < -0.4 is 10.5 Å². The van der Waals surface area contributed by atoms with Crippen LogP contribution in [-0.2, 0) is 6.61 Å². The van der Waals surface area contributed by atoms with Gasteiger partial charge in [-0.15, -0.1) is 0 Å². The Morgan fingerprint density at radius 2 is 1.89 bits per heavy atom. The number of aryl methyl sites for hydroxylation is 1. The van der Waals surface area contributed by atoms with Crippen LogP contribution in [0.15, 0.2) is 42.5 Å². The molecule has 98 valence electrons. The standard InChI is InChI=1S/C15H15NO3/c1-10-2-7-13(15(16)18)14(8-10)19-12-5-3-11(9-17)4-6-12/h2-8,17H,9H2,1H3,(H2,16,18). The van der Waals surface area contributed by atoms with Gasteiger partial charge >= 0.3 is 0 Å². The van der Waals surface area contributed by atoms with E-state index in [-0.39, 0.29) is 6.61 Å². The number of primary amides is 1. The van der Waals surface area contributed by atoms with Crippen LogP contribution in [0, 0.1) is 6.92 Å². The van der Waals surface area contributed by atoms with Gasteiger partial charge in [0.2, 0.25) is 0 Å². The van der Waals surface area contributed by atoms with E-state index in [0.717, 1.165) is 11.1 Å². The first-order valence-corrected chi connectivity index (χ1v) is 5.88. The molecule has 0 spiro atoms. The molecule has 0 aromatic heterocycles. The molecule has 0 aliphatic carbocycles. The van der Waals surface area contributed by atoms with Crippen molar-refractivity contribution < 1.29 is 14.6 Å². The summed E-state index contributed by atoms with van der Waals surface area (Å²) < 4.78 is 5.67. The summed E-state index contributed by atoms with van der Waals surface area (Å²) in [5.74, 6) is 0.497. The predicted molar refractivity (Wildman–Crippen MR) is 72.1 cm³/mol. The molecule has 1 amide bonds. The number of nitrogens with two attached hydrogens (primary N) is 1. The maximum Gasteiger partial charge on any atom is 0.252 e. The number of hydrogen-bond donors (Lipinski definition) is 2. The van der Waals surface area contributed by atoms with Gasteiger partial charge in [0, 0.05) is 0 Å². The van der Waals surface area contributed by atoms with Crippen LogP contribution in [0.1, 0.15) is 21.5 Å². The van der Waals surface area contributed by atoms with Crippen molar-refractivity contribution in [1.29, 1.82) is 0 Å². The Hall–Kier alpha value is -2.33. The van der Waals surface area contributed by atoms with Crippen LogP contribution in [0.25, 0.3) is 0 Å². The molecule has 4 nitrogen and oxygen atoms in total. The first-order valence-electron chi connectivity index (χ1n) is 5.88. The maximum atomic E-state index is 11.3.